The molecule has 0 heterocycles. The molecule has 0 radical (unpaired) electrons. The first-order valence-electron chi connectivity index (χ1n) is 6.76. The molecule has 0 aromatic heterocycles. The highest BCUT2D eigenvalue weighted by molar-refractivity contribution is 7.89. The Balaban J connectivity index is 2.37. The fraction of sp³-hybridized carbons (Fsp3) is 0.500. The van der Waals surface area contributed by atoms with Gasteiger partial charge in [0.25, 0.3) is 0 Å². The van der Waals surface area contributed by atoms with Crippen LogP contribution in [0.25, 0.3) is 0 Å². The molecule has 116 valence electrons. The number of carboxylic acids is 1. The minimum atomic E-state index is -3.74. The Morgan fingerprint density at radius 2 is 1.90 bits per heavy atom. The second kappa shape index (κ2) is 5.31. The van der Waals surface area contributed by atoms with Crippen LogP contribution in [0.5, 0.6) is 0 Å². The summed E-state index contributed by atoms with van der Waals surface area (Å²) in [6, 6.07) is 4.42. The zero-order chi connectivity index (χ0) is 15.8. The van der Waals surface area contributed by atoms with E-state index in [-0.39, 0.29) is 10.5 Å². The molecule has 1 aromatic rings. The van der Waals surface area contributed by atoms with Crippen LogP contribution in [-0.4, -0.2) is 31.1 Å². The van der Waals surface area contributed by atoms with Crippen molar-refractivity contribution in [2.24, 2.45) is 0 Å². The number of benzene rings is 1. The van der Waals surface area contributed by atoms with Crippen molar-refractivity contribution in [2.75, 3.05) is 5.32 Å². The number of hydrogen-bond acceptors (Lipinski definition) is 4. The molecule has 0 unspecified atom stereocenters. The van der Waals surface area contributed by atoms with Gasteiger partial charge in [0.1, 0.15) is 0 Å². The van der Waals surface area contributed by atoms with Crippen LogP contribution < -0.4 is 10.0 Å². The molecule has 1 aliphatic carbocycles. The van der Waals surface area contributed by atoms with Crippen LogP contribution in [0.4, 0.5) is 5.69 Å². The average molecular weight is 312 g/mol. The van der Waals surface area contributed by atoms with Crippen LogP contribution in [-0.2, 0) is 10.0 Å². The van der Waals surface area contributed by atoms with Crippen LogP contribution in [0.1, 0.15) is 44.0 Å². The van der Waals surface area contributed by atoms with Crippen molar-refractivity contribution < 1.29 is 18.3 Å². The summed E-state index contributed by atoms with van der Waals surface area (Å²) in [7, 11) is -3.74. The molecule has 6 nitrogen and oxygen atoms in total. The third-order valence-electron chi connectivity index (χ3n) is 2.91. The molecule has 1 saturated carbocycles. The van der Waals surface area contributed by atoms with Gasteiger partial charge in [-0.2, -0.15) is 0 Å². The number of anilines is 1. The lowest BCUT2D eigenvalue weighted by Gasteiger charge is -2.20. The first-order valence-corrected chi connectivity index (χ1v) is 8.25. The van der Waals surface area contributed by atoms with E-state index in [4.69, 9.17) is 0 Å². The molecule has 1 aliphatic rings. The van der Waals surface area contributed by atoms with Gasteiger partial charge in [0.2, 0.25) is 10.0 Å². The minimum Gasteiger partial charge on any atom is -0.478 e. The van der Waals surface area contributed by atoms with Crippen molar-refractivity contribution in [1.82, 2.24) is 4.72 Å². The Labute approximate surface area is 124 Å². The lowest BCUT2D eigenvalue weighted by atomic mass is 10.1. The van der Waals surface area contributed by atoms with Gasteiger partial charge in [-0.1, -0.05) is 0 Å². The van der Waals surface area contributed by atoms with Gasteiger partial charge in [-0.25, -0.2) is 17.9 Å². The SMILES string of the molecule is CC(C)(C)NS(=O)(=O)c1ccc(NC2CC2)c(C(=O)O)c1. The lowest BCUT2D eigenvalue weighted by molar-refractivity contribution is 0.0697. The predicted molar refractivity (Wildman–Crippen MR) is 80.1 cm³/mol. The van der Waals surface area contributed by atoms with Gasteiger partial charge in [-0.05, 0) is 51.8 Å². The Hall–Kier alpha value is -1.60. The summed E-state index contributed by atoms with van der Waals surface area (Å²) >= 11 is 0. The first kappa shape index (κ1) is 15.8. The van der Waals surface area contributed by atoms with Crippen LogP contribution >= 0.6 is 0 Å². The van der Waals surface area contributed by atoms with Crippen molar-refractivity contribution in [3.8, 4) is 0 Å². The molecule has 7 heteroatoms. The van der Waals surface area contributed by atoms with E-state index in [0.717, 1.165) is 12.8 Å². The summed E-state index contributed by atoms with van der Waals surface area (Å²) in [5.74, 6) is -1.15. The maximum absolute atomic E-state index is 12.2. The zero-order valence-electron chi connectivity index (χ0n) is 12.3. The van der Waals surface area contributed by atoms with E-state index in [1.165, 1.54) is 18.2 Å². The number of carboxylic acid groups (broad SMARTS) is 1. The third kappa shape index (κ3) is 4.18. The van der Waals surface area contributed by atoms with Crippen molar-refractivity contribution >= 4 is 21.7 Å². The lowest BCUT2D eigenvalue weighted by Crippen LogP contribution is -2.40. The maximum Gasteiger partial charge on any atom is 0.337 e. The number of aromatic carboxylic acids is 1. The summed E-state index contributed by atoms with van der Waals surface area (Å²) in [4.78, 5) is 11.3. The molecule has 0 spiro atoms. The number of nitrogens with one attached hydrogen (secondary N) is 2. The maximum atomic E-state index is 12.2. The summed E-state index contributed by atoms with van der Waals surface area (Å²) < 4.78 is 27.0. The Morgan fingerprint density at radius 1 is 1.29 bits per heavy atom. The minimum absolute atomic E-state index is 0.0290. The second-order valence-corrected chi connectivity index (χ2v) is 7.97. The van der Waals surface area contributed by atoms with E-state index in [0.29, 0.717) is 11.7 Å². The molecule has 0 amide bonds. The topological polar surface area (TPSA) is 95.5 Å². The van der Waals surface area contributed by atoms with Gasteiger partial charge < -0.3 is 10.4 Å². The van der Waals surface area contributed by atoms with Gasteiger partial charge in [0, 0.05) is 17.3 Å². The van der Waals surface area contributed by atoms with E-state index in [9.17, 15) is 18.3 Å². The normalized spacial score (nSPS) is 15.8. The average Bonchev–Trinajstić information content (AvgIpc) is 3.09. The Morgan fingerprint density at radius 3 is 2.38 bits per heavy atom. The number of carbonyl (C=O) groups is 1. The van der Waals surface area contributed by atoms with Gasteiger partial charge in [-0.3, -0.25) is 0 Å². The van der Waals surface area contributed by atoms with Gasteiger partial charge in [0.05, 0.1) is 10.5 Å². The smallest absolute Gasteiger partial charge is 0.337 e. The Kier molecular flexibility index (Phi) is 3.99. The molecule has 0 aliphatic heterocycles. The third-order valence-corrected chi connectivity index (χ3v) is 4.66. The number of rotatable bonds is 5. The summed E-state index contributed by atoms with van der Waals surface area (Å²) in [5, 5.41) is 12.4. The summed E-state index contributed by atoms with van der Waals surface area (Å²) in [5.41, 5.74) is -0.203. The molecule has 2 rings (SSSR count). The highest BCUT2D eigenvalue weighted by atomic mass is 32.2. The molecular weight excluding hydrogens is 292 g/mol. The van der Waals surface area contributed by atoms with E-state index in [1.807, 2.05) is 0 Å². The molecule has 3 N–H and O–H groups in total. The van der Waals surface area contributed by atoms with E-state index < -0.39 is 21.5 Å². The highest BCUT2D eigenvalue weighted by Gasteiger charge is 2.26. The van der Waals surface area contributed by atoms with E-state index in [1.54, 1.807) is 20.8 Å². The van der Waals surface area contributed by atoms with E-state index in [2.05, 4.69) is 10.0 Å². The van der Waals surface area contributed by atoms with Gasteiger partial charge >= 0.3 is 5.97 Å². The molecule has 0 bridgehead atoms. The quantitative estimate of drug-likeness (QED) is 0.773. The standard InChI is InChI=1S/C14H20N2O4S/c1-14(2,3)16-21(19,20)10-6-7-12(15-9-4-5-9)11(8-10)13(17)18/h6-9,15-16H,4-5H2,1-3H3,(H,17,18). The zero-order valence-corrected chi connectivity index (χ0v) is 13.1. The predicted octanol–water partition coefficient (Wildman–Crippen LogP) is 2.04. The fourth-order valence-corrected chi connectivity index (χ4v) is 3.35. The van der Waals surface area contributed by atoms with Crippen LogP contribution in [0.15, 0.2) is 23.1 Å². The molecule has 21 heavy (non-hydrogen) atoms. The fourth-order valence-electron chi connectivity index (χ4n) is 1.90. The van der Waals surface area contributed by atoms with Crippen LogP contribution in [0.2, 0.25) is 0 Å². The summed E-state index contributed by atoms with van der Waals surface area (Å²) in [6.07, 6.45) is 2.01. The number of sulfonamides is 1. The first-order chi connectivity index (χ1) is 9.58. The monoisotopic (exact) mass is 312 g/mol. The van der Waals surface area contributed by atoms with Crippen LogP contribution in [0, 0.1) is 0 Å². The van der Waals surface area contributed by atoms with Crippen molar-refractivity contribution in [3.63, 3.8) is 0 Å². The van der Waals surface area contributed by atoms with Gasteiger partial charge in [0.15, 0.2) is 0 Å². The molecule has 0 saturated heterocycles. The largest absolute Gasteiger partial charge is 0.478 e. The molecular formula is C14H20N2O4S. The molecule has 1 fully saturated rings. The van der Waals surface area contributed by atoms with Gasteiger partial charge in [-0.15, -0.1) is 0 Å². The molecule has 0 atom stereocenters. The van der Waals surface area contributed by atoms with Crippen molar-refractivity contribution in [3.05, 3.63) is 23.8 Å². The van der Waals surface area contributed by atoms with Crippen molar-refractivity contribution in [2.45, 2.75) is 50.1 Å². The van der Waals surface area contributed by atoms with Crippen LogP contribution in [0.3, 0.4) is 0 Å². The Bertz CT molecular complexity index is 658. The van der Waals surface area contributed by atoms with Crippen molar-refractivity contribution in [1.29, 1.82) is 0 Å². The van der Waals surface area contributed by atoms with E-state index >= 15 is 0 Å². The summed E-state index contributed by atoms with van der Waals surface area (Å²) in [6.45, 7) is 5.18. The highest BCUT2D eigenvalue weighted by Crippen LogP contribution is 2.28. The molecule has 1 aromatic carbocycles. The second-order valence-electron chi connectivity index (χ2n) is 6.29. The number of hydrogen-bond donors (Lipinski definition) is 3.